The molecule has 0 saturated carbocycles. The van der Waals surface area contributed by atoms with Crippen LogP contribution in [0.5, 0.6) is 0 Å². The van der Waals surface area contributed by atoms with E-state index in [0.717, 1.165) is 34.0 Å². The summed E-state index contributed by atoms with van der Waals surface area (Å²) in [5.74, 6) is -1.38. The number of hydrogen-bond donors (Lipinski definition) is 3. The summed E-state index contributed by atoms with van der Waals surface area (Å²) < 4.78 is 0. The molecule has 9 heteroatoms. The smallest absolute Gasteiger partial charge is 0.245 e. The van der Waals surface area contributed by atoms with Gasteiger partial charge in [0.25, 0.3) is 0 Å². The van der Waals surface area contributed by atoms with Crippen LogP contribution in [0.15, 0.2) is 54.7 Å². The molecule has 9 nitrogen and oxygen atoms in total. The standard InChI is InChI=1S/C28H33N5O4/c1-4-19-9-5-6-10-20(19)15-32(3)28(37)24(13-21-14-29-23-12-8-7-11-22(21)23)31-26(35)17-33-16-25(34)30-18(2)27(33)36/h5-12,14,18,24,29H,4,13,15-17H2,1-3H3,(H,30,34)(H,31,35). The van der Waals surface area contributed by atoms with E-state index in [-0.39, 0.29) is 37.2 Å². The summed E-state index contributed by atoms with van der Waals surface area (Å²) >= 11 is 0. The van der Waals surface area contributed by atoms with Gasteiger partial charge in [0.15, 0.2) is 0 Å². The number of para-hydroxylation sites is 1. The Bertz CT molecular complexity index is 1320. The van der Waals surface area contributed by atoms with E-state index < -0.39 is 18.0 Å². The van der Waals surface area contributed by atoms with Gasteiger partial charge < -0.3 is 25.4 Å². The van der Waals surface area contributed by atoms with Crippen LogP contribution in [0.1, 0.15) is 30.5 Å². The zero-order chi connectivity index (χ0) is 26.5. The minimum atomic E-state index is -0.850. The van der Waals surface area contributed by atoms with Crippen LogP contribution in [-0.2, 0) is 38.6 Å². The van der Waals surface area contributed by atoms with Crippen molar-refractivity contribution in [1.82, 2.24) is 25.4 Å². The first kappa shape index (κ1) is 25.9. The summed E-state index contributed by atoms with van der Waals surface area (Å²) in [6.07, 6.45) is 2.98. The van der Waals surface area contributed by atoms with Crippen molar-refractivity contribution >= 4 is 34.5 Å². The fourth-order valence-electron chi connectivity index (χ4n) is 4.80. The van der Waals surface area contributed by atoms with Gasteiger partial charge >= 0.3 is 0 Å². The van der Waals surface area contributed by atoms with Crippen molar-refractivity contribution in [3.8, 4) is 0 Å². The third-order valence-corrected chi connectivity index (χ3v) is 6.74. The van der Waals surface area contributed by atoms with Crippen LogP contribution in [0.4, 0.5) is 0 Å². The zero-order valence-corrected chi connectivity index (χ0v) is 21.4. The lowest BCUT2D eigenvalue weighted by Crippen LogP contribution is -2.59. The lowest BCUT2D eigenvalue weighted by molar-refractivity contribution is -0.146. The molecule has 1 aromatic heterocycles. The van der Waals surface area contributed by atoms with Crippen molar-refractivity contribution in [3.05, 3.63) is 71.4 Å². The minimum absolute atomic E-state index is 0.189. The number of nitrogens with one attached hydrogen (secondary N) is 3. The molecule has 0 aliphatic carbocycles. The first-order chi connectivity index (χ1) is 17.8. The van der Waals surface area contributed by atoms with Crippen LogP contribution < -0.4 is 10.6 Å². The van der Waals surface area contributed by atoms with E-state index in [1.807, 2.05) is 54.7 Å². The SMILES string of the molecule is CCc1ccccc1CN(C)C(=O)C(Cc1c[nH]c2ccccc12)NC(=O)CN1CC(=O)NC(C)C1=O. The maximum Gasteiger partial charge on any atom is 0.245 e. The molecule has 4 amide bonds. The number of nitrogens with zero attached hydrogens (tertiary/aromatic N) is 2. The molecule has 37 heavy (non-hydrogen) atoms. The molecule has 2 atom stereocenters. The Labute approximate surface area is 216 Å². The summed E-state index contributed by atoms with van der Waals surface area (Å²) in [6, 6.07) is 14.2. The number of benzene rings is 2. The van der Waals surface area contributed by atoms with Gasteiger partial charge in [-0.2, -0.15) is 0 Å². The second-order valence-electron chi connectivity index (χ2n) is 9.48. The summed E-state index contributed by atoms with van der Waals surface area (Å²) in [6.45, 7) is 3.58. The van der Waals surface area contributed by atoms with Gasteiger partial charge in [0.2, 0.25) is 23.6 Å². The number of rotatable bonds is 9. The first-order valence-electron chi connectivity index (χ1n) is 12.5. The van der Waals surface area contributed by atoms with Gasteiger partial charge in [0, 0.05) is 37.1 Å². The summed E-state index contributed by atoms with van der Waals surface area (Å²) in [5.41, 5.74) is 4.06. The Morgan fingerprint density at radius 3 is 2.54 bits per heavy atom. The van der Waals surface area contributed by atoms with E-state index in [9.17, 15) is 19.2 Å². The molecule has 3 aromatic rings. The van der Waals surface area contributed by atoms with Crippen LogP contribution in [-0.4, -0.2) is 70.6 Å². The molecule has 2 heterocycles. The highest BCUT2D eigenvalue weighted by Crippen LogP contribution is 2.20. The summed E-state index contributed by atoms with van der Waals surface area (Å²) in [5, 5.41) is 6.38. The number of carbonyl (C=O) groups is 4. The fraction of sp³-hybridized carbons (Fsp3) is 0.357. The minimum Gasteiger partial charge on any atom is -0.361 e. The van der Waals surface area contributed by atoms with Gasteiger partial charge in [0.1, 0.15) is 25.2 Å². The molecule has 3 N–H and O–H groups in total. The predicted octanol–water partition coefficient (Wildman–Crippen LogP) is 1.76. The normalized spacial score (nSPS) is 16.4. The largest absolute Gasteiger partial charge is 0.361 e. The highest BCUT2D eigenvalue weighted by molar-refractivity contribution is 5.97. The monoisotopic (exact) mass is 503 g/mol. The maximum absolute atomic E-state index is 13.7. The number of aromatic nitrogens is 1. The third kappa shape index (κ3) is 5.99. The molecule has 1 aliphatic rings. The molecule has 4 rings (SSSR count). The Kier molecular flexibility index (Phi) is 7.91. The number of piperazine rings is 1. The van der Waals surface area contributed by atoms with Gasteiger partial charge in [-0.05, 0) is 36.1 Å². The molecule has 1 fully saturated rings. The average molecular weight is 504 g/mol. The molecule has 2 unspecified atom stereocenters. The molecular weight excluding hydrogens is 470 g/mol. The molecule has 0 bridgehead atoms. The highest BCUT2D eigenvalue weighted by atomic mass is 16.2. The summed E-state index contributed by atoms with van der Waals surface area (Å²) in [7, 11) is 1.73. The first-order valence-corrected chi connectivity index (χ1v) is 12.5. The van der Waals surface area contributed by atoms with Crippen LogP contribution >= 0.6 is 0 Å². The Balaban J connectivity index is 1.54. The number of aryl methyl sites for hydroxylation is 1. The van der Waals surface area contributed by atoms with Crippen molar-refractivity contribution in [2.45, 2.75) is 45.3 Å². The van der Waals surface area contributed by atoms with Crippen molar-refractivity contribution < 1.29 is 19.2 Å². The van der Waals surface area contributed by atoms with Crippen molar-refractivity contribution in [2.24, 2.45) is 0 Å². The molecule has 194 valence electrons. The van der Waals surface area contributed by atoms with Crippen LogP contribution in [0.3, 0.4) is 0 Å². The zero-order valence-electron chi connectivity index (χ0n) is 21.4. The van der Waals surface area contributed by atoms with E-state index in [4.69, 9.17) is 0 Å². The van der Waals surface area contributed by atoms with Crippen molar-refractivity contribution in [2.75, 3.05) is 20.1 Å². The maximum atomic E-state index is 13.7. The number of hydrogen-bond acceptors (Lipinski definition) is 4. The molecular formula is C28H33N5O4. The van der Waals surface area contributed by atoms with Crippen LogP contribution in [0, 0.1) is 0 Å². The predicted molar refractivity (Wildman–Crippen MR) is 140 cm³/mol. The molecule has 0 radical (unpaired) electrons. The highest BCUT2D eigenvalue weighted by Gasteiger charge is 2.32. The molecule has 1 saturated heterocycles. The van der Waals surface area contributed by atoms with E-state index in [1.54, 1.807) is 18.9 Å². The lowest BCUT2D eigenvalue weighted by atomic mass is 10.0. The molecule has 0 spiro atoms. The van der Waals surface area contributed by atoms with E-state index in [2.05, 4.69) is 22.5 Å². The number of fused-ring (bicyclic) bond motifs is 1. The van der Waals surface area contributed by atoms with E-state index in [0.29, 0.717) is 6.54 Å². The quantitative estimate of drug-likeness (QED) is 0.413. The Hall–Kier alpha value is -4.14. The number of amides is 4. The third-order valence-electron chi connectivity index (χ3n) is 6.74. The van der Waals surface area contributed by atoms with Crippen LogP contribution in [0.25, 0.3) is 10.9 Å². The number of likely N-dealkylation sites (N-methyl/N-ethyl adjacent to an activating group) is 1. The van der Waals surface area contributed by atoms with E-state index in [1.165, 1.54) is 4.90 Å². The second kappa shape index (κ2) is 11.3. The van der Waals surface area contributed by atoms with Gasteiger partial charge in [-0.15, -0.1) is 0 Å². The van der Waals surface area contributed by atoms with Gasteiger partial charge in [-0.3, -0.25) is 19.2 Å². The van der Waals surface area contributed by atoms with Gasteiger partial charge in [0.05, 0.1) is 0 Å². The lowest BCUT2D eigenvalue weighted by Gasteiger charge is -2.31. The Morgan fingerprint density at radius 2 is 1.78 bits per heavy atom. The van der Waals surface area contributed by atoms with Gasteiger partial charge in [-0.25, -0.2) is 0 Å². The van der Waals surface area contributed by atoms with Crippen LogP contribution in [0.2, 0.25) is 0 Å². The van der Waals surface area contributed by atoms with Crippen molar-refractivity contribution in [1.29, 1.82) is 0 Å². The summed E-state index contributed by atoms with van der Waals surface area (Å²) in [4.78, 5) is 57.1. The number of aromatic amines is 1. The fourth-order valence-corrected chi connectivity index (χ4v) is 4.80. The van der Waals surface area contributed by atoms with E-state index >= 15 is 0 Å². The Morgan fingerprint density at radius 1 is 1.08 bits per heavy atom. The van der Waals surface area contributed by atoms with Gasteiger partial charge in [-0.1, -0.05) is 49.4 Å². The second-order valence-corrected chi connectivity index (χ2v) is 9.48. The topological polar surface area (TPSA) is 115 Å². The molecule has 1 aliphatic heterocycles. The number of carbonyl (C=O) groups excluding carboxylic acids is 4. The average Bonchev–Trinajstić information content (AvgIpc) is 3.29. The molecule has 2 aromatic carbocycles. The number of H-pyrrole nitrogens is 1. The van der Waals surface area contributed by atoms with Crippen molar-refractivity contribution in [3.63, 3.8) is 0 Å².